The van der Waals surface area contributed by atoms with Crippen molar-refractivity contribution in [3.8, 4) is 5.75 Å². The van der Waals surface area contributed by atoms with Gasteiger partial charge in [0.15, 0.2) is 11.6 Å². The van der Waals surface area contributed by atoms with E-state index in [0.717, 1.165) is 13.3 Å². The predicted octanol–water partition coefficient (Wildman–Crippen LogP) is 1.63. The van der Waals surface area contributed by atoms with Gasteiger partial charge in [0.25, 0.3) is 6.43 Å². The van der Waals surface area contributed by atoms with E-state index in [4.69, 9.17) is 5.73 Å². The van der Waals surface area contributed by atoms with Crippen LogP contribution >= 0.6 is 0 Å². The Hall–Kier alpha value is -1.30. The summed E-state index contributed by atoms with van der Waals surface area (Å²) in [6, 6.07) is 0. The van der Waals surface area contributed by atoms with Gasteiger partial charge in [0.05, 0.1) is 24.6 Å². The average molecular weight is 206 g/mol. The number of ether oxygens (including phenoxy) is 1. The molecule has 0 radical (unpaired) electrons. The monoisotopic (exact) mass is 206 g/mol. The SMILES string of the molecule is COc1c(F)cnc(CN)c1C(F)F. The lowest BCUT2D eigenvalue weighted by molar-refractivity contribution is 0.144. The summed E-state index contributed by atoms with van der Waals surface area (Å²) in [6.07, 6.45) is -2.04. The summed E-state index contributed by atoms with van der Waals surface area (Å²) in [4.78, 5) is 3.47. The van der Waals surface area contributed by atoms with Crippen molar-refractivity contribution in [2.45, 2.75) is 13.0 Å². The molecule has 0 aliphatic heterocycles. The van der Waals surface area contributed by atoms with Crippen LogP contribution in [-0.4, -0.2) is 12.1 Å². The molecule has 0 fully saturated rings. The Morgan fingerprint density at radius 1 is 1.57 bits per heavy atom. The van der Waals surface area contributed by atoms with Gasteiger partial charge in [0.2, 0.25) is 0 Å². The third-order valence-electron chi connectivity index (χ3n) is 1.72. The Bertz CT molecular complexity index is 331. The lowest BCUT2D eigenvalue weighted by atomic mass is 10.1. The molecule has 78 valence electrons. The second-order valence-corrected chi connectivity index (χ2v) is 2.50. The van der Waals surface area contributed by atoms with Crippen LogP contribution in [0.15, 0.2) is 6.20 Å². The largest absolute Gasteiger partial charge is 0.493 e. The fraction of sp³-hybridized carbons (Fsp3) is 0.375. The van der Waals surface area contributed by atoms with Crippen molar-refractivity contribution < 1.29 is 17.9 Å². The van der Waals surface area contributed by atoms with E-state index in [2.05, 4.69) is 9.72 Å². The number of rotatable bonds is 3. The molecule has 1 aromatic rings. The summed E-state index contributed by atoms with van der Waals surface area (Å²) in [6.45, 7) is -0.184. The zero-order chi connectivity index (χ0) is 10.7. The van der Waals surface area contributed by atoms with Crippen LogP contribution in [0.1, 0.15) is 17.7 Å². The van der Waals surface area contributed by atoms with E-state index >= 15 is 0 Å². The van der Waals surface area contributed by atoms with Crippen LogP contribution < -0.4 is 10.5 Å². The summed E-state index contributed by atoms with van der Waals surface area (Å²) < 4.78 is 42.5. The third-order valence-corrected chi connectivity index (χ3v) is 1.72. The summed E-state index contributed by atoms with van der Waals surface area (Å²) in [7, 11) is 1.12. The fourth-order valence-electron chi connectivity index (χ4n) is 1.12. The highest BCUT2D eigenvalue weighted by Crippen LogP contribution is 2.32. The molecular formula is C8H9F3N2O. The molecule has 0 atom stereocenters. The number of methoxy groups -OCH3 is 1. The summed E-state index contributed by atoms with van der Waals surface area (Å²) in [5.41, 5.74) is 4.56. The fourth-order valence-corrected chi connectivity index (χ4v) is 1.12. The first-order valence-electron chi connectivity index (χ1n) is 3.81. The first kappa shape index (κ1) is 10.8. The molecule has 0 unspecified atom stereocenters. The van der Waals surface area contributed by atoms with E-state index < -0.39 is 23.6 Å². The highest BCUT2D eigenvalue weighted by Gasteiger charge is 2.22. The average Bonchev–Trinajstić information content (AvgIpc) is 2.17. The van der Waals surface area contributed by atoms with Gasteiger partial charge in [-0.2, -0.15) is 0 Å². The maximum absolute atomic E-state index is 13.0. The number of nitrogens with zero attached hydrogens (tertiary/aromatic N) is 1. The predicted molar refractivity (Wildman–Crippen MR) is 43.6 cm³/mol. The van der Waals surface area contributed by atoms with E-state index in [1.165, 1.54) is 0 Å². The van der Waals surface area contributed by atoms with Gasteiger partial charge in [-0.15, -0.1) is 0 Å². The molecule has 1 aromatic heterocycles. The molecule has 3 nitrogen and oxygen atoms in total. The maximum atomic E-state index is 13.0. The van der Waals surface area contributed by atoms with Crippen molar-refractivity contribution >= 4 is 0 Å². The highest BCUT2D eigenvalue weighted by atomic mass is 19.3. The number of hydrogen-bond acceptors (Lipinski definition) is 3. The van der Waals surface area contributed by atoms with Gasteiger partial charge in [-0.3, -0.25) is 4.98 Å². The molecule has 0 spiro atoms. The number of pyridine rings is 1. The molecule has 0 saturated carbocycles. The number of hydrogen-bond donors (Lipinski definition) is 1. The summed E-state index contributed by atoms with van der Waals surface area (Å²) in [5.74, 6) is -1.41. The van der Waals surface area contributed by atoms with E-state index in [-0.39, 0.29) is 12.2 Å². The molecular weight excluding hydrogens is 197 g/mol. The molecule has 0 aliphatic carbocycles. The summed E-state index contributed by atoms with van der Waals surface area (Å²) in [5, 5.41) is 0. The van der Waals surface area contributed by atoms with E-state index in [1.54, 1.807) is 0 Å². The topological polar surface area (TPSA) is 48.1 Å². The van der Waals surface area contributed by atoms with Crippen molar-refractivity contribution in [1.82, 2.24) is 4.98 Å². The standard InChI is InChI=1S/C8H9F3N2O/c1-14-7-4(9)3-13-5(2-12)6(7)8(10)11/h3,8H,2,12H2,1H3. The van der Waals surface area contributed by atoms with E-state index in [9.17, 15) is 13.2 Å². The van der Waals surface area contributed by atoms with Crippen LogP contribution in [0.5, 0.6) is 5.75 Å². The lowest BCUT2D eigenvalue weighted by Crippen LogP contribution is -2.08. The van der Waals surface area contributed by atoms with Gasteiger partial charge in [-0.25, -0.2) is 13.2 Å². The number of aromatic nitrogens is 1. The van der Waals surface area contributed by atoms with Crippen LogP contribution in [-0.2, 0) is 6.54 Å². The van der Waals surface area contributed by atoms with Crippen molar-refractivity contribution in [1.29, 1.82) is 0 Å². The molecule has 1 heterocycles. The van der Waals surface area contributed by atoms with E-state index in [0.29, 0.717) is 0 Å². The van der Waals surface area contributed by atoms with Gasteiger partial charge in [0, 0.05) is 6.54 Å². The third kappa shape index (κ3) is 1.79. The number of nitrogens with two attached hydrogens (primary N) is 1. The molecule has 0 amide bonds. The molecule has 0 saturated heterocycles. The zero-order valence-corrected chi connectivity index (χ0v) is 7.43. The molecule has 14 heavy (non-hydrogen) atoms. The highest BCUT2D eigenvalue weighted by molar-refractivity contribution is 5.38. The molecule has 0 aliphatic rings. The Balaban J connectivity index is 3.36. The van der Waals surface area contributed by atoms with Crippen molar-refractivity contribution in [2.24, 2.45) is 5.73 Å². The minimum Gasteiger partial charge on any atom is -0.493 e. The first-order valence-corrected chi connectivity index (χ1v) is 3.81. The molecule has 0 bridgehead atoms. The Morgan fingerprint density at radius 3 is 2.64 bits per heavy atom. The van der Waals surface area contributed by atoms with Gasteiger partial charge in [0.1, 0.15) is 0 Å². The minimum absolute atomic E-state index is 0.0572. The smallest absolute Gasteiger partial charge is 0.269 e. The quantitative estimate of drug-likeness (QED) is 0.817. The van der Waals surface area contributed by atoms with Crippen LogP contribution in [0.4, 0.5) is 13.2 Å². The Kier molecular flexibility index (Phi) is 3.29. The van der Waals surface area contributed by atoms with Gasteiger partial charge in [-0.05, 0) is 0 Å². The van der Waals surface area contributed by atoms with Crippen molar-refractivity contribution in [2.75, 3.05) is 7.11 Å². The van der Waals surface area contributed by atoms with E-state index in [1.807, 2.05) is 0 Å². The van der Waals surface area contributed by atoms with Gasteiger partial charge < -0.3 is 10.5 Å². The van der Waals surface area contributed by atoms with Crippen molar-refractivity contribution in [3.63, 3.8) is 0 Å². The second-order valence-electron chi connectivity index (χ2n) is 2.50. The Labute approximate surface area is 78.7 Å². The maximum Gasteiger partial charge on any atom is 0.269 e. The normalized spacial score (nSPS) is 10.7. The van der Waals surface area contributed by atoms with Crippen LogP contribution in [0.3, 0.4) is 0 Å². The first-order chi connectivity index (χ1) is 6.61. The summed E-state index contributed by atoms with van der Waals surface area (Å²) >= 11 is 0. The number of alkyl halides is 2. The van der Waals surface area contributed by atoms with Gasteiger partial charge >= 0.3 is 0 Å². The van der Waals surface area contributed by atoms with Crippen LogP contribution in [0.25, 0.3) is 0 Å². The molecule has 1 rings (SSSR count). The van der Waals surface area contributed by atoms with Crippen molar-refractivity contribution in [3.05, 3.63) is 23.3 Å². The second kappa shape index (κ2) is 4.28. The van der Waals surface area contributed by atoms with Gasteiger partial charge in [-0.1, -0.05) is 0 Å². The minimum atomic E-state index is -2.85. The number of halogens is 3. The van der Waals surface area contributed by atoms with Crippen LogP contribution in [0, 0.1) is 5.82 Å². The Morgan fingerprint density at radius 2 is 2.21 bits per heavy atom. The molecule has 0 aromatic carbocycles. The van der Waals surface area contributed by atoms with Crippen LogP contribution in [0.2, 0.25) is 0 Å². The molecule has 2 N–H and O–H groups in total. The lowest BCUT2D eigenvalue weighted by Gasteiger charge is -2.11. The zero-order valence-electron chi connectivity index (χ0n) is 7.43. The molecule has 6 heteroatoms.